The molecule has 0 aromatic heterocycles. The summed E-state index contributed by atoms with van der Waals surface area (Å²) >= 11 is 3.47. The van der Waals surface area contributed by atoms with Crippen molar-refractivity contribution in [1.29, 1.82) is 0 Å². The summed E-state index contributed by atoms with van der Waals surface area (Å²) < 4.78 is 0.837. The molecule has 2 aromatic carbocycles. The Morgan fingerprint density at radius 3 is 2.67 bits per heavy atom. The zero-order chi connectivity index (χ0) is 21.1. The van der Waals surface area contributed by atoms with Gasteiger partial charge in [-0.2, -0.15) is 0 Å². The molecule has 0 saturated carbocycles. The molecule has 0 aliphatic carbocycles. The van der Waals surface area contributed by atoms with Crippen molar-refractivity contribution >= 4 is 45.0 Å². The lowest BCUT2D eigenvalue weighted by Crippen LogP contribution is -2.35. The molecule has 0 radical (unpaired) electrons. The van der Waals surface area contributed by atoms with E-state index in [2.05, 4.69) is 21.2 Å². The van der Waals surface area contributed by atoms with Gasteiger partial charge >= 0.3 is 0 Å². The van der Waals surface area contributed by atoms with Gasteiger partial charge in [0.25, 0.3) is 0 Å². The smallest absolute Gasteiger partial charge is 0.227 e. The molecule has 1 unspecified atom stereocenters. The molecule has 0 spiro atoms. The second-order valence-corrected chi connectivity index (χ2v) is 8.60. The fourth-order valence-corrected chi connectivity index (χ4v) is 4.53. The van der Waals surface area contributed by atoms with E-state index >= 15 is 0 Å². The van der Waals surface area contributed by atoms with Crippen molar-refractivity contribution in [2.75, 3.05) is 22.9 Å². The Labute approximate surface area is 184 Å². The predicted octanol–water partition coefficient (Wildman–Crippen LogP) is 3.64. The van der Waals surface area contributed by atoms with E-state index in [0.29, 0.717) is 19.5 Å². The number of para-hydroxylation sites is 1. The number of piperidine rings is 1. The number of halogens is 1. The summed E-state index contributed by atoms with van der Waals surface area (Å²) in [5.74, 6) is -0.402. The predicted molar refractivity (Wildman–Crippen MR) is 119 cm³/mol. The first kappa shape index (κ1) is 20.6. The summed E-state index contributed by atoms with van der Waals surface area (Å²) in [5.41, 5.74) is 2.60. The molecule has 1 N–H and O–H groups in total. The highest BCUT2D eigenvalue weighted by Gasteiger charge is 2.35. The topological polar surface area (TPSA) is 69.7 Å². The van der Waals surface area contributed by atoms with E-state index in [1.54, 1.807) is 4.90 Å². The Morgan fingerprint density at radius 2 is 1.87 bits per heavy atom. The lowest BCUT2D eigenvalue weighted by Gasteiger charge is -2.27. The summed E-state index contributed by atoms with van der Waals surface area (Å²) in [7, 11) is 0. The highest BCUT2D eigenvalue weighted by Crippen LogP contribution is 2.31. The number of nitrogens with zero attached hydrogens (tertiary/aromatic N) is 2. The number of benzene rings is 2. The van der Waals surface area contributed by atoms with Gasteiger partial charge in [-0.1, -0.05) is 24.3 Å². The van der Waals surface area contributed by atoms with Gasteiger partial charge in [0.1, 0.15) is 0 Å². The number of carbonyl (C=O) groups is 3. The number of rotatable bonds is 5. The molecule has 1 atom stereocenters. The normalized spacial score (nSPS) is 19.3. The van der Waals surface area contributed by atoms with Crippen LogP contribution in [-0.4, -0.2) is 30.8 Å². The highest BCUT2D eigenvalue weighted by atomic mass is 79.9. The number of carbonyl (C=O) groups excluding carboxylic acids is 3. The average molecular weight is 470 g/mol. The molecule has 6 nitrogen and oxygen atoms in total. The number of nitrogens with one attached hydrogen (secondary N) is 1. The second kappa shape index (κ2) is 9.00. The van der Waals surface area contributed by atoms with Crippen molar-refractivity contribution < 1.29 is 14.4 Å². The summed E-state index contributed by atoms with van der Waals surface area (Å²) in [4.78, 5) is 40.8. The van der Waals surface area contributed by atoms with Crippen LogP contribution in [-0.2, 0) is 20.9 Å². The molecule has 0 bridgehead atoms. The Hall–Kier alpha value is -2.67. The van der Waals surface area contributed by atoms with Crippen LogP contribution in [0.25, 0.3) is 0 Å². The van der Waals surface area contributed by atoms with Crippen LogP contribution in [0.15, 0.2) is 53.0 Å². The van der Waals surface area contributed by atoms with Gasteiger partial charge < -0.3 is 15.1 Å². The van der Waals surface area contributed by atoms with Gasteiger partial charge in [-0.05, 0) is 58.6 Å². The molecule has 2 aliphatic heterocycles. The van der Waals surface area contributed by atoms with Crippen molar-refractivity contribution in [1.82, 2.24) is 5.32 Å². The third-order valence-electron chi connectivity index (χ3n) is 5.65. The molecule has 7 heteroatoms. The van der Waals surface area contributed by atoms with Crippen LogP contribution in [0.3, 0.4) is 0 Å². The Bertz CT molecular complexity index is 978. The molecule has 2 heterocycles. The Kier molecular flexibility index (Phi) is 6.18. The highest BCUT2D eigenvalue weighted by molar-refractivity contribution is 9.10. The van der Waals surface area contributed by atoms with Gasteiger partial charge in [-0.3, -0.25) is 14.4 Å². The van der Waals surface area contributed by atoms with Crippen LogP contribution >= 0.6 is 15.9 Å². The largest absolute Gasteiger partial charge is 0.352 e. The summed E-state index contributed by atoms with van der Waals surface area (Å²) in [6, 6.07) is 15.3. The average Bonchev–Trinajstić information content (AvgIpc) is 3.14. The standard InChI is InChI=1S/C23H24BrN3O3/c24-19-8-1-2-9-20(19)27-15-17(13-22(27)29)23(30)25-14-16-6-5-7-18(12-16)26-11-4-3-10-21(26)28/h1-2,5-9,12,17H,3-4,10-11,13-15H2,(H,25,30). The second-order valence-electron chi connectivity index (χ2n) is 7.75. The first-order valence-corrected chi connectivity index (χ1v) is 11.0. The zero-order valence-electron chi connectivity index (χ0n) is 16.6. The van der Waals surface area contributed by atoms with Crippen LogP contribution in [0.4, 0.5) is 11.4 Å². The van der Waals surface area contributed by atoms with Crippen LogP contribution in [0.2, 0.25) is 0 Å². The van der Waals surface area contributed by atoms with Gasteiger partial charge in [0.2, 0.25) is 17.7 Å². The maximum Gasteiger partial charge on any atom is 0.227 e. The first-order chi connectivity index (χ1) is 14.5. The molecule has 3 amide bonds. The fraction of sp³-hybridized carbons (Fsp3) is 0.348. The van der Waals surface area contributed by atoms with Crippen molar-refractivity contribution in [3.63, 3.8) is 0 Å². The van der Waals surface area contributed by atoms with E-state index < -0.39 is 0 Å². The molecule has 2 aliphatic rings. The molecule has 2 fully saturated rings. The minimum absolute atomic E-state index is 0.0485. The van der Waals surface area contributed by atoms with Gasteiger partial charge in [0, 0.05) is 42.6 Å². The maximum absolute atomic E-state index is 12.7. The van der Waals surface area contributed by atoms with E-state index in [1.165, 1.54) is 0 Å². The monoisotopic (exact) mass is 469 g/mol. The first-order valence-electron chi connectivity index (χ1n) is 10.2. The van der Waals surface area contributed by atoms with E-state index in [0.717, 1.165) is 40.8 Å². The van der Waals surface area contributed by atoms with Gasteiger partial charge in [-0.15, -0.1) is 0 Å². The summed E-state index contributed by atoms with van der Waals surface area (Å²) in [6.07, 6.45) is 2.75. The van der Waals surface area contributed by atoms with E-state index in [4.69, 9.17) is 0 Å². The van der Waals surface area contributed by atoms with Crippen LogP contribution < -0.4 is 15.1 Å². The van der Waals surface area contributed by atoms with Crippen molar-refractivity contribution in [3.05, 3.63) is 58.6 Å². The van der Waals surface area contributed by atoms with Crippen molar-refractivity contribution in [2.45, 2.75) is 32.2 Å². The van der Waals surface area contributed by atoms with Crippen LogP contribution in [0, 0.1) is 5.92 Å². The van der Waals surface area contributed by atoms with Gasteiger partial charge in [-0.25, -0.2) is 0 Å². The molecule has 156 valence electrons. The molecule has 2 saturated heterocycles. The SMILES string of the molecule is O=C(NCc1cccc(N2CCCCC2=O)c1)C1CC(=O)N(c2ccccc2Br)C1. The van der Waals surface area contributed by atoms with Gasteiger partial charge in [0.05, 0.1) is 11.6 Å². The quantitative estimate of drug-likeness (QED) is 0.726. The number of hydrogen-bond acceptors (Lipinski definition) is 3. The van der Waals surface area contributed by atoms with E-state index in [1.807, 2.05) is 53.4 Å². The summed E-state index contributed by atoms with van der Waals surface area (Å²) in [6.45, 7) is 1.48. The summed E-state index contributed by atoms with van der Waals surface area (Å²) in [5, 5.41) is 2.96. The lowest BCUT2D eigenvalue weighted by atomic mass is 10.1. The third kappa shape index (κ3) is 4.41. The van der Waals surface area contributed by atoms with Crippen LogP contribution in [0.1, 0.15) is 31.2 Å². The van der Waals surface area contributed by atoms with Gasteiger partial charge in [0.15, 0.2) is 0 Å². The third-order valence-corrected chi connectivity index (χ3v) is 6.32. The number of amides is 3. The minimum Gasteiger partial charge on any atom is -0.352 e. The van der Waals surface area contributed by atoms with E-state index in [9.17, 15) is 14.4 Å². The molecule has 2 aromatic rings. The Morgan fingerprint density at radius 1 is 1.03 bits per heavy atom. The fourth-order valence-electron chi connectivity index (χ4n) is 4.03. The molecule has 4 rings (SSSR count). The number of hydrogen-bond donors (Lipinski definition) is 1. The maximum atomic E-state index is 12.7. The molecular formula is C23H24BrN3O3. The van der Waals surface area contributed by atoms with Crippen molar-refractivity contribution in [2.24, 2.45) is 5.92 Å². The molecule has 30 heavy (non-hydrogen) atoms. The zero-order valence-corrected chi connectivity index (χ0v) is 18.2. The lowest BCUT2D eigenvalue weighted by molar-refractivity contribution is -0.126. The van der Waals surface area contributed by atoms with E-state index in [-0.39, 0.29) is 30.1 Å². The van der Waals surface area contributed by atoms with Crippen LogP contribution in [0.5, 0.6) is 0 Å². The molecular weight excluding hydrogens is 446 g/mol. The van der Waals surface area contributed by atoms with Crippen molar-refractivity contribution in [3.8, 4) is 0 Å². The minimum atomic E-state index is -0.378. The Balaban J connectivity index is 1.37. The number of anilines is 2.